The minimum Gasteiger partial charge on any atom is -0.382 e. The minimum absolute atomic E-state index is 0.162. The van der Waals surface area contributed by atoms with Gasteiger partial charge in [0.2, 0.25) is 0 Å². The molecular formula is C13H11Cl2F2N3. The number of anilines is 2. The van der Waals surface area contributed by atoms with Gasteiger partial charge in [-0.25, -0.2) is 13.8 Å². The molecule has 0 bridgehead atoms. The number of rotatable bonds is 4. The van der Waals surface area contributed by atoms with E-state index in [4.69, 9.17) is 28.9 Å². The van der Waals surface area contributed by atoms with E-state index in [0.717, 1.165) is 6.07 Å². The molecular weight excluding hydrogens is 307 g/mol. The Labute approximate surface area is 124 Å². The number of hydrogen-bond acceptors (Lipinski definition) is 3. The number of benzene rings is 1. The summed E-state index contributed by atoms with van der Waals surface area (Å²) in [5, 5.41) is 3.54. The monoisotopic (exact) mass is 317 g/mol. The number of hydrogen-bond donors (Lipinski definition) is 2. The highest BCUT2D eigenvalue weighted by Gasteiger charge is 2.07. The van der Waals surface area contributed by atoms with Crippen LogP contribution in [-0.4, -0.2) is 11.5 Å². The first kappa shape index (κ1) is 14.8. The van der Waals surface area contributed by atoms with E-state index in [1.54, 1.807) is 0 Å². The fourth-order valence-electron chi connectivity index (χ4n) is 1.69. The Balaban J connectivity index is 2.01. The quantitative estimate of drug-likeness (QED) is 0.899. The van der Waals surface area contributed by atoms with Crippen LogP contribution < -0.4 is 11.1 Å². The van der Waals surface area contributed by atoms with E-state index in [2.05, 4.69) is 10.3 Å². The Morgan fingerprint density at radius 2 is 1.70 bits per heavy atom. The molecule has 1 aromatic carbocycles. The van der Waals surface area contributed by atoms with E-state index in [9.17, 15) is 8.78 Å². The highest BCUT2D eigenvalue weighted by Crippen LogP contribution is 2.27. The maximum Gasteiger partial charge on any atom is 0.147 e. The van der Waals surface area contributed by atoms with E-state index in [1.165, 1.54) is 18.2 Å². The smallest absolute Gasteiger partial charge is 0.147 e. The van der Waals surface area contributed by atoms with Crippen LogP contribution in [0, 0.1) is 11.6 Å². The summed E-state index contributed by atoms with van der Waals surface area (Å²) in [7, 11) is 0. The van der Waals surface area contributed by atoms with Gasteiger partial charge in [-0.3, -0.25) is 0 Å². The number of aromatic nitrogens is 1. The van der Waals surface area contributed by atoms with Gasteiger partial charge in [0.05, 0.1) is 10.0 Å². The van der Waals surface area contributed by atoms with Gasteiger partial charge in [0.25, 0.3) is 0 Å². The summed E-state index contributed by atoms with van der Waals surface area (Å²) in [4.78, 5) is 3.99. The van der Waals surface area contributed by atoms with Gasteiger partial charge in [-0.2, -0.15) is 0 Å². The average molecular weight is 318 g/mol. The van der Waals surface area contributed by atoms with Crippen molar-refractivity contribution in [1.29, 1.82) is 0 Å². The van der Waals surface area contributed by atoms with Crippen molar-refractivity contribution in [2.45, 2.75) is 6.42 Å². The highest BCUT2D eigenvalue weighted by atomic mass is 35.5. The largest absolute Gasteiger partial charge is 0.382 e. The Kier molecular flexibility index (Phi) is 4.62. The van der Waals surface area contributed by atoms with Crippen molar-refractivity contribution < 1.29 is 8.78 Å². The molecule has 20 heavy (non-hydrogen) atoms. The third-order valence-electron chi connectivity index (χ3n) is 2.59. The lowest BCUT2D eigenvalue weighted by Crippen LogP contribution is -2.08. The summed E-state index contributed by atoms with van der Waals surface area (Å²) in [6.07, 6.45) is 0.412. The first-order chi connectivity index (χ1) is 9.45. The van der Waals surface area contributed by atoms with Gasteiger partial charge in [-0.05, 0) is 30.2 Å². The maximum absolute atomic E-state index is 13.0. The molecule has 2 rings (SSSR count). The van der Waals surface area contributed by atoms with E-state index in [0.29, 0.717) is 29.4 Å². The molecule has 0 saturated heterocycles. The first-order valence-electron chi connectivity index (χ1n) is 5.76. The molecule has 0 fully saturated rings. The van der Waals surface area contributed by atoms with E-state index in [1.807, 2.05) is 0 Å². The van der Waals surface area contributed by atoms with Crippen molar-refractivity contribution in [2.24, 2.45) is 0 Å². The molecule has 0 unspecified atom stereocenters. The van der Waals surface area contributed by atoms with Gasteiger partial charge >= 0.3 is 0 Å². The van der Waals surface area contributed by atoms with Crippen LogP contribution in [0.1, 0.15) is 5.56 Å². The molecule has 0 aliphatic heterocycles. The summed E-state index contributed by atoms with van der Waals surface area (Å²) in [6, 6.07) is 4.86. The third-order valence-corrected chi connectivity index (χ3v) is 3.18. The normalized spacial score (nSPS) is 10.6. The molecule has 3 N–H and O–H groups in total. The predicted molar refractivity (Wildman–Crippen MR) is 77.2 cm³/mol. The van der Waals surface area contributed by atoms with E-state index >= 15 is 0 Å². The molecule has 3 nitrogen and oxygen atoms in total. The Morgan fingerprint density at radius 3 is 2.35 bits per heavy atom. The van der Waals surface area contributed by atoms with Crippen molar-refractivity contribution in [3.8, 4) is 0 Å². The van der Waals surface area contributed by atoms with Crippen molar-refractivity contribution in [3.63, 3.8) is 0 Å². The molecule has 1 aromatic heterocycles. The molecule has 0 aliphatic carbocycles. The number of pyridine rings is 1. The number of halogens is 4. The lowest BCUT2D eigenvalue weighted by molar-refractivity contribution is 0.580. The fourth-order valence-corrected chi connectivity index (χ4v) is 2.11. The minimum atomic E-state index is -0.605. The lowest BCUT2D eigenvalue weighted by atomic mass is 10.1. The van der Waals surface area contributed by atoms with Gasteiger partial charge in [0.15, 0.2) is 0 Å². The molecule has 0 amide bonds. The van der Waals surface area contributed by atoms with Crippen LogP contribution in [0.5, 0.6) is 0 Å². The van der Waals surface area contributed by atoms with E-state index < -0.39 is 11.6 Å². The summed E-state index contributed by atoms with van der Waals surface area (Å²) in [6.45, 7) is 0.399. The molecule has 1 heterocycles. The van der Waals surface area contributed by atoms with Crippen LogP contribution in [0.15, 0.2) is 24.3 Å². The average Bonchev–Trinajstić information content (AvgIpc) is 2.34. The molecule has 0 saturated carbocycles. The summed E-state index contributed by atoms with van der Waals surface area (Å²) in [5.74, 6) is -0.667. The summed E-state index contributed by atoms with van der Waals surface area (Å²) < 4.78 is 26.0. The van der Waals surface area contributed by atoms with Gasteiger partial charge in [0, 0.05) is 12.6 Å². The number of nitrogens with zero attached hydrogens (tertiary/aromatic N) is 1. The number of nitrogens with one attached hydrogen (secondary N) is 1. The predicted octanol–water partition coefficient (Wildman–Crippen LogP) is 3.90. The Hall–Kier alpha value is -1.59. The van der Waals surface area contributed by atoms with Crippen molar-refractivity contribution in [1.82, 2.24) is 4.98 Å². The molecule has 0 aliphatic rings. The molecule has 2 aromatic rings. The van der Waals surface area contributed by atoms with Crippen LogP contribution in [-0.2, 0) is 6.42 Å². The molecule has 7 heteroatoms. The third kappa shape index (κ3) is 3.71. The number of nitrogen functional groups attached to an aromatic ring is 1. The van der Waals surface area contributed by atoms with Crippen LogP contribution >= 0.6 is 23.2 Å². The number of nitrogens with two attached hydrogens (primary N) is 1. The maximum atomic E-state index is 13.0. The van der Waals surface area contributed by atoms with Gasteiger partial charge in [0.1, 0.15) is 23.3 Å². The van der Waals surface area contributed by atoms with Gasteiger partial charge in [-0.1, -0.05) is 23.2 Å². The zero-order chi connectivity index (χ0) is 14.7. The molecule has 106 valence electrons. The van der Waals surface area contributed by atoms with Crippen LogP contribution in [0.2, 0.25) is 10.0 Å². The summed E-state index contributed by atoms with van der Waals surface area (Å²) >= 11 is 11.7. The topological polar surface area (TPSA) is 50.9 Å². The van der Waals surface area contributed by atoms with Gasteiger partial charge in [-0.15, -0.1) is 0 Å². The SMILES string of the molecule is Nc1nc(NCCc2cc(F)cc(F)c2)c(Cl)cc1Cl. The molecule has 0 spiro atoms. The van der Waals surface area contributed by atoms with Gasteiger partial charge < -0.3 is 11.1 Å². The fraction of sp³-hybridized carbons (Fsp3) is 0.154. The zero-order valence-electron chi connectivity index (χ0n) is 10.3. The first-order valence-corrected chi connectivity index (χ1v) is 6.51. The van der Waals surface area contributed by atoms with Crippen molar-refractivity contribution in [3.05, 3.63) is 51.5 Å². The highest BCUT2D eigenvalue weighted by molar-refractivity contribution is 6.37. The van der Waals surface area contributed by atoms with Crippen molar-refractivity contribution in [2.75, 3.05) is 17.6 Å². The van der Waals surface area contributed by atoms with Crippen LogP contribution in [0.3, 0.4) is 0 Å². The molecule has 0 atom stereocenters. The zero-order valence-corrected chi connectivity index (χ0v) is 11.8. The standard InChI is InChI=1S/C13H11Cl2F2N3/c14-10-6-11(15)13(20-12(10)18)19-2-1-7-3-8(16)5-9(17)4-7/h3-6H,1-2H2,(H3,18,19,20). The second-order valence-electron chi connectivity index (χ2n) is 4.14. The summed E-state index contributed by atoms with van der Waals surface area (Å²) in [5.41, 5.74) is 6.11. The Morgan fingerprint density at radius 1 is 1.05 bits per heavy atom. The molecule has 0 radical (unpaired) electrons. The second-order valence-corrected chi connectivity index (χ2v) is 4.95. The van der Waals surface area contributed by atoms with E-state index in [-0.39, 0.29) is 10.8 Å². The lowest BCUT2D eigenvalue weighted by Gasteiger charge is -2.09. The van der Waals surface area contributed by atoms with Crippen LogP contribution in [0.25, 0.3) is 0 Å². The Bertz CT molecular complexity index is 615. The van der Waals surface area contributed by atoms with Crippen molar-refractivity contribution >= 4 is 34.8 Å². The second kappa shape index (κ2) is 6.24. The van der Waals surface area contributed by atoms with Crippen LogP contribution in [0.4, 0.5) is 20.4 Å².